The van der Waals surface area contributed by atoms with Crippen molar-refractivity contribution in [2.24, 2.45) is 0 Å². The summed E-state index contributed by atoms with van der Waals surface area (Å²) < 4.78 is 0. The zero-order chi connectivity index (χ0) is 10.7. The molecular formula is C14H13Si. The summed E-state index contributed by atoms with van der Waals surface area (Å²) in [5.41, 5.74) is 4.05. The van der Waals surface area contributed by atoms with Gasteiger partial charge in [0, 0.05) is 0 Å². The Morgan fingerprint density at radius 3 is 2.27 bits per heavy atom. The quantitative estimate of drug-likeness (QED) is 0.682. The van der Waals surface area contributed by atoms with E-state index in [9.17, 15) is 0 Å². The van der Waals surface area contributed by atoms with Crippen LogP contribution >= 0.6 is 0 Å². The van der Waals surface area contributed by atoms with E-state index >= 15 is 0 Å². The molecule has 2 rings (SSSR count). The summed E-state index contributed by atoms with van der Waals surface area (Å²) >= 11 is 0. The molecule has 1 heteroatoms. The lowest BCUT2D eigenvalue weighted by atomic mass is 10.1. The van der Waals surface area contributed by atoms with Gasteiger partial charge in [0.25, 0.3) is 0 Å². The highest BCUT2D eigenvalue weighted by Gasteiger charge is 2.08. The molecule has 0 heterocycles. The van der Waals surface area contributed by atoms with Crippen LogP contribution < -0.4 is 5.19 Å². The monoisotopic (exact) mass is 209 g/mol. The van der Waals surface area contributed by atoms with Crippen molar-refractivity contribution in [1.29, 1.82) is 0 Å². The van der Waals surface area contributed by atoms with Gasteiger partial charge < -0.3 is 0 Å². The summed E-state index contributed by atoms with van der Waals surface area (Å²) in [5.74, 6) is 0. The Labute approximate surface area is 92.2 Å². The third-order valence-electron chi connectivity index (χ3n) is 2.54. The van der Waals surface area contributed by atoms with Gasteiger partial charge in [0.2, 0.25) is 0 Å². The van der Waals surface area contributed by atoms with Crippen molar-refractivity contribution in [3.63, 3.8) is 0 Å². The van der Waals surface area contributed by atoms with Gasteiger partial charge in [-0.3, -0.25) is 0 Å². The normalized spacial score (nSPS) is 10.5. The average Bonchev–Trinajstić information content (AvgIpc) is 2.31. The first-order valence-corrected chi connectivity index (χ1v) is 6.62. The molecule has 2 aromatic carbocycles. The Bertz CT molecular complexity index is 486. The minimum Gasteiger partial charge on any atom is -0.106 e. The second kappa shape index (κ2) is 4.28. The third kappa shape index (κ3) is 1.79. The molecule has 0 saturated heterocycles. The molecule has 0 aliphatic rings. The van der Waals surface area contributed by atoms with Gasteiger partial charge in [0.1, 0.15) is 8.80 Å². The van der Waals surface area contributed by atoms with E-state index in [2.05, 4.69) is 55.6 Å². The Morgan fingerprint density at radius 2 is 1.53 bits per heavy atom. The Hall–Kier alpha value is -1.60. The SMILES string of the molecule is C=C[Si](C=C)c1cccc2ccccc12. The van der Waals surface area contributed by atoms with Crippen molar-refractivity contribution < 1.29 is 0 Å². The number of hydrogen-bond donors (Lipinski definition) is 0. The van der Waals surface area contributed by atoms with Crippen molar-refractivity contribution in [2.45, 2.75) is 0 Å². The third-order valence-corrected chi connectivity index (χ3v) is 4.48. The van der Waals surface area contributed by atoms with Crippen LogP contribution in [0.25, 0.3) is 10.8 Å². The predicted octanol–water partition coefficient (Wildman–Crippen LogP) is 2.99. The fourth-order valence-corrected chi connectivity index (χ4v) is 3.21. The van der Waals surface area contributed by atoms with E-state index in [0.717, 1.165) is 0 Å². The maximum atomic E-state index is 3.89. The van der Waals surface area contributed by atoms with Crippen LogP contribution in [-0.2, 0) is 0 Å². The summed E-state index contributed by atoms with van der Waals surface area (Å²) in [4.78, 5) is 0. The summed E-state index contributed by atoms with van der Waals surface area (Å²) in [7, 11) is -0.798. The van der Waals surface area contributed by atoms with Crippen LogP contribution in [0.2, 0.25) is 0 Å². The van der Waals surface area contributed by atoms with Gasteiger partial charge in [-0.1, -0.05) is 53.9 Å². The molecule has 0 amide bonds. The average molecular weight is 209 g/mol. The molecule has 0 bridgehead atoms. The highest BCUT2D eigenvalue weighted by atomic mass is 28.3. The van der Waals surface area contributed by atoms with Crippen LogP contribution in [-0.4, -0.2) is 8.80 Å². The molecule has 0 unspecified atom stereocenters. The first-order valence-electron chi connectivity index (χ1n) is 4.97. The lowest BCUT2D eigenvalue weighted by Crippen LogP contribution is -2.26. The van der Waals surface area contributed by atoms with E-state index in [1.807, 2.05) is 11.4 Å². The summed E-state index contributed by atoms with van der Waals surface area (Å²) in [6, 6.07) is 14.9. The lowest BCUT2D eigenvalue weighted by molar-refractivity contribution is 1.78. The number of hydrogen-bond acceptors (Lipinski definition) is 0. The first kappa shape index (κ1) is 9.93. The molecule has 0 nitrogen and oxygen atoms in total. The Kier molecular flexibility index (Phi) is 2.83. The second-order valence-electron chi connectivity index (χ2n) is 3.39. The summed E-state index contributed by atoms with van der Waals surface area (Å²) in [5, 5.41) is 4.00. The van der Waals surface area contributed by atoms with Crippen molar-refractivity contribution in [1.82, 2.24) is 0 Å². The zero-order valence-electron chi connectivity index (χ0n) is 8.61. The minimum atomic E-state index is -0.798. The molecular weight excluding hydrogens is 196 g/mol. The van der Waals surface area contributed by atoms with Gasteiger partial charge in [0.15, 0.2) is 0 Å². The molecule has 0 aromatic heterocycles. The van der Waals surface area contributed by atoms with Crippen molar-refractivity contribution in [2.75, 3.05) is 0 Å². The molecule has 15 heavy (non-hydrogen) atoms. The van der Waals surface area contributed by atoms with Gasteiger partial charge in [-0.2, -0.15) is 0 Å². The van der Waals surface area contributed by atoms with E-state index in [4.69, 9.17) is 0 Å². The largest absolute Gasteiger partial charge is 0.139 e. The van der Waals surface area contributed by atoms with Gasteiger partial charge in [-0.25, -0.2) is 0 Å². The van der Waals surface area contributed by atoms with E-state index in [1.54, 1.807) is 0 Å². The van der Waals surface area contributed by atoms with Crippen LogP contribution in [0.5, 0.6) is 0 Å². The van der Waals surface area contributed by atoms with E-state index in [1.165, 1.54) is 16.0 Å². The number of rotatable bonds is 3. The molecule has 0 spiro atoms. The molecule has 0 aliphatic carbocycles. The van der Waals surface area contributed by atoms with Crippen molar-refractivity contribution in [3.8, 4) is 0 Å². The van der Waals surface area contributed by atoms with Crippen LogP contribution in [0.1, 0.15) is 0 Å². The van der Waals surface area contributed by atoms with Crippen LogP contribution in [0.3, 0.4) is 0 Å². The van der Waals surface area contributed by atoms with Crippen LogP contribution in [0.15, 0.2) is 67.0 Å². The smallest absolute Gasteiger partial charge is 0.106 e. The summed E-state index contributed by atoms with van der Waals surface area (Å²) in [6.45, 7) is 7.78. The van der Waals surface area contributed by atoms with Crippen LogP contribution in [0.4, 0.5) is 0 Å². The zero-order valence-corrected chi connectivity index (χ0v) is 9.61. The van der Waals surface area contributed by atoms with Crippen LogP contribution in [0, 0.1) is 0 Å². The molecule has 2 aromatic rings. The molecule has 0 aliphatic heterocycles. The highest BCUT2D eigenvalue weighted by Crippen LogP contribution is 2.11. The minimum absolute atomic E-state index is 0.798. The Balaban J connectivity index is 2.69. The topological polar surface area (TPSA) is 0 Å². The number of benzene rings is 2. The lowest BCUT2D eigenvalue weighted by Gasteiger charge is -2.09. The van der Waals surface area contributed by atoms with Gasteiger partial charge >= 0.3 is 0 Å². The molecule has 73 valence electrons. The van der Waals surface area contributed by atoms with Crippen molar-refractivity contribution >= 4 is 24.8 Å². The van der Waals surface area contributed by atoms with Crippen molar-refractivity contribution in [3.05, 3.63) is 67.0 Å². The number of fused-ring (bicyclic) bond motifs is 1. The maximum Gasteiger partial charge on any atom is 0.139 e. The highest BCUT2D eigenvalue weighted by molar-refractivity contribution is 6.83. The summed E-state index contributed by atoms with van der Waals surface area (Å²) in [6.07, 6.45) is 0. The molecule has 0 saturated carbocycles. The second-order valence-corrected chi connectivity index (χ2v) is 5.66. The fraction of sp³-hybridized carbons (Fsp3) is 0. The van der Waals surface area contributed by atoms with Gasteiger partial charge in [-0.15, -0.1) is 13.2 Å². The van der Waals surface area contributed by atoms with E-state index in [0.29, 0.717) is 0 Å². The standard InChI is InChI=1S/C14H13Si/c1-3-15(4-2)14-11-7-9-12-8-5-6-10-13(12)14/h3-11H,1-2H2. The van der Waals surface area contributed by atoms with Gasteiger partial charge in [0.05, 0.1) is 0 Å². The predicted molar refractivity (Wildman–Crippen MR) is 69.7 cm³/mol. The maximum absolute atomic E-state index is 3.89. The van der Waals surface area contributed by atoms with E-state index < -0.39 is 8.80 Å². The first-order chi connectivity index (χ1) is 7.36. The Morgan fingerprint density at radius 1 is 0.867 bits per heavy atom. The molecule has 1 radical (unpaired) electrons. The molecule has 0 atom stereocenters. The molecule has 0 fully saturated rings. The van der Waals surface area contributed by atoms with E-state index in [-0.39, 0.29) is 0 Å². The molecule has 0 N–H and O–H groups in total. The fourth-order valence-electron chi connectivity index (χ4n) is 1.78. The van der Waals surface area contributed by atoms with Gasteiger partial charge in [-0.05, 0) is 16.0 Å².